The quantitative estimate of drug-likeness (QED) is 0.711. The smallest absolute Gasteiger partial charge is 0.264 e. The summed E-state index contributed by atoms with van der Waals surface area (Å²) in [5, 5.41) is 0. The number of carbonyl (C=O) groups is 1. The molecule has 2 radical (unpaired) electrons. The fourth-order valence-corrected chi connectivity index (χ4v) is 6.32. The molecule has 0 atom stereocenters. The highest BCUT2D eigenvalue weighted by Gasteiger charge is 2.31. The number of nitrogens with zero attached hydrogens (tertiary/aromatic N) is 2. The first-order valence-corrected chi connectivity index (χ1v) is 10.7. The molecule has 4 rings (SSSR count). The van der Waals surface area contributed by atoms with Crippen LogP contribution in [0.15, 0.2) is 35.2 Å². The van der Waals surface area contributed by atoms with E-state index in [9.17, 15) is 13.2 Å². The van der Waals surface area contributed by atoms with Crippen molar-refractivity contribution >= 4 is 43.6 Å². The van der Waals surface area contributed by atoms with Crippen molar-refractivity contribution in [3.63, 3.8) is 0 Å². The van der Waals surface area contributed by atoms with E-state index in [-0.39, 0.29) is 11.7 Å². The molecular formula is C16H15AlN2O3S2. The van der Waals surface area contributed by atoms with Gasteiger partial charge < -0.3 is 8.78 Å². The van der Waals surface area contributed by atoms with Crippen LogP contribution in [0.25, 0.3) is 10.4 Å². The number of sulfone groups is 1. The summed E-state index contributed by atoms with van der Waals surface area (Å²) >= 11 is 4.07. The van der Waals surface area contributed by atoms with Gasteiger partial charge >= 0.3 is 0 Å². The summed E-state index contributed by atoms with van der Waals surface area (Å²) in [6, 6.07) is 8.81. The number of piperazine rings is 1. The number of carbonyl (C=O) groups excluding carboxylic acids is 1. The van der Waals surface area contributed by atoms with E-state index in [2.05, 4.69) is 20.4 Å². The normalized spacial score (nSPS) is 19.6. The van der Waals surface area contributed by atoms with Crippen molar-refractivity contribution in [2.75, 3.05) is 26.2 Å². The molecule has 0 aliphatic carbocycles. The zero-order valence-corrected chi connectivity index (χ0v) is 15.7. The number of hydrogen-bond donors (Lipinski definition) is 0. The number of rotatable bonds is 1. The summed E-state index contributed by atoms with van der Waals surface area (Å²) in [4.78, 5) is 16.5. The largest absolute Gasteiger partial charge is 0.400 e. The fourth-order valence-electron chi connectivity index (χ4n) is 3.16. The second-order valence-electron chi connectivity index (χ2n) is 6.05. The van der Waals surface area contributed by atoms with Gasteiger partial charge in [0.05, 0.1) is 15.5 Å². The van der Waals surface area contributed by atoms with Gasteiger partial charge in [-0.3, -0.25) is 4.79 Å². The van der Waals surface area contributed by atoms with E-state index in [4.69, 9.17) is 0 Å². The lowest BCUT2D eigenvalue weighted by molar-refractivity contribution is 0.0704. The molecule has 0 saturated carbocycles. The van der Waals surface area contributed by atoms with Crippen LogP contribution in [0.4, 0.5) is 0 Å². The van der Waals surface area contributed by atoms with Crippen LogP contribution < -0.4 is 0 Å². The highest BCUT2D eigenvalue weighted by Crippen LogP contribution is 2.42. The first kappa shape index (κ1) is 16.3. The summed E-state index contributed by atoms with van der Waals surface area (Å²) < 4.78 is 27.0. The topological polar surface area (TPSA) is 57.7 Å². The number of fused-ring (bicyclic) bond motifs is 3. The highest BCUT2D eigenvalue weighted by molar-refractivity contribution is 7.91. The van der Waals surface area contributed by atoms with E-state index in [1.807, 2.05) is 17.0 Å². The van der Waals surface area contributed by atoms with Crippen molar-refractivity contribution in [2.45, 2.75) is 10.6 Å². The van der Waals surface area contributed by atoms with Crippen molar-refractivity contribution in [1.82, 2.24) is 8.78 Å². The Balaban J connectivity index is 1.71. The zero-order valence-electron chi connectivity index (χ0n) is 12.9. The molecule has 2 aliphatic heterocycles. The van der Waals surface area contributed by atoms with Crippen LogP contribution in [0.5, 0.6) is 0 Å². The van der Waals surface area contributed by atoms with Crippen LogP contribution in [0, 0.1) is 0 Å². The number of thiophene rings is 1. The maximum Gasteiger partial charge on any atom is 0.264 e. The minimum absolute atomic E-state index is 0.00220. The van der Waals surface area contributed by atoms with Crippen LogP contribution in [-0.2, 0) is 15.6 Å². The third-order valence-electron chi connectivity index (χ3n) is 4.43. The van der Waals surface area contributed by atoms with E-state index in [0.717, 1.165) is 29.1 Å². The zero-order chi connectivity index (χ0) is 16.9. The third-order valence-corrected chi connectivity index (χ3v) is 7.87. The van der Waals surface area contributed by atoms with E-state index in [1.54, 1.807) is 18.2 Å². The van der Waals surface area contributed by atoms with E-state index in [1.165, 1.54) is 11.3 Å². The average molecular weight is 374 g/mol. The molecule has 122 valence electrons. The van der Waals surface area contributed by atoms with Gasteiger partial charge in [0.2, 0.25) is 0 Å². The number of benzene rings is 1. The third kappa shape index (κ3) is 2.73. The van der Waals surface area contributed by atoms with E-state index in [0.29, 0.717) is 22.9 Å². The molecular weight excluding hydrogens is 359 g/mol. The van der Waals surface area contributed by atoms with Crippen molar-refractivity contribution in [3.8, 4) is 10.4 Å². The van der Waals surface area contributed by atoms with E-state index >= 15 is 0 Å². The van der Waals surface area contributed by atoms with Crippen molar-refractivity contribution in [2.24, 2.45) is 0 Å². The molecule has 24 heavy (non-hydrogen) atoms. The molecule has 0 N–H and O–H groups in total. The molecule has 1 aromatic carbocycles. The molecule has 1 amide bonds. The van der Waals surface area contributed by atoms with Crippen molar-refractivity contribution < 1.29 is 13.2 Å². The van der Waals surface area contributed by atoms with Gasteiger partial charge in [0.25, 0.3) is 22.4 Å². The Kier molecular flexibility index (Phi) is 4.06. The van der Waals surface area contributed by atoms with Gasteiger partial charge in [-0.2, -0.15) is 0 Å². The van der Waals surface area contributed by atoms with Crippen LogP contribution >= 0.6 is 11.3 Å². The second kappa shape index (κ2) is 5.97. The van der Waals surface area contributed by atoms with Gasteiger partial charge in [-0.05, 0) is 30.8 Å². The molecule has 0 unspecified atom stereocenters. The Hall–Kier alpha value is -1.17. The fraction of sp³-hybridized carbons (Fsp3) is 0.312. The van der Waals surface area contributed by atoms with Gasteiger partial charge in [0.1, 0.15) is 0 Å². The molecule has 0 spiro atoms. The van der Waals surface area contributed by atoms with Crippen molar-refractivity contribution in [3.05, 3.63) is 40.8 Å². The number of hydrogen-bond acceptors (Lipinski definition) is 5. The van der Waals surface area contributed by atoms with Crippen LogP contribution in [0.2, 0.25) is 0 Å². The summed E-state index contributed by atoms with van der Waals surface area (Å²) in [7, 11) is -3.33. The van der Waals surface area contributed by atoms with Gasteiger partial charge in [-0.1, -0.05) is 18.2 Å². The minimum Gasteiger partial charge on any atom is -0.400 e. The Bertz CT molecular complexity index is 915. The lowest BCUT2D eigenvalue weighted by Gasteiger charge is -2.33. The van der Waals surface area contributed by atoms with Gasteiger partial charge in [-0.25, -0.2) is 8.42 Å². The molecule has 1 saturated heterocycles. The summed E-state index contributed by atoms with van der Waals surface area (Å²) in [5.74, 6) is -0.0231. The lowest BCUT2D eigenvalue weighted by Crippen LogP contribution is -2.47. The summed E-state index contributed by atoms with van der Waals surface area (Å²) in [6.07, 6.45) is 0. The second-order valence-corrected chi connectivity index (χ2v) is 9.79. The monoisotopic (exact) mass is 374 g/mol. The Labute approximate surface area is 153 Å². The molecule has 1 aromatic heterocycles. The van der Waals surface area contributed by atoms with Crippen LogP contribution in [0.1, 0.15) is 15.2 Å². The van der Waals surface area contributed by atoms with Crippen LogP contribution in [0.3, 0.4) is 0 Å². The SMILES string of the molecule is O=C(c1cc2c(s1)-c1ccccc1S(=O)(=O)C2)N1CC[N]([Al])CC1. The first-order chi connectivity index (χ1) is 11.5. The Morgan fingerprint density at radius 3 is 2.58 bits per heavy atom. The summed E-state index contributed by atoms with van der Waals surface area (Å²) in [5.41, 5.74) is 1.46. The standard InChI is InChI=1S/C16H15N2O3S2.Al/c19-16(18-7-5-17-6-8-18)13-9-11-10-23(20,21)14-4-2-1-3-12(14)15(11)22-13;/h1-4,9H,5-8,10H2;/q-1;+1. The molecule has 3 heterocycles. The molecule has 1 fully saturated rings. The van der Waals surface area contributed by atoms with Gasteiger partial charge in [0.15, 0.2) is 9.84 Å². The lowest BCUT2D eigenvalue weighted by atomic mass is 10.1. The first-order valence-electron chi connectivity index (χ1n) is 7.69. The van der Waals surface area contributed by atoms with Gasteiger partial charge in [0, 0.05) is 23.5 Å². The van der Waals surface area contributed by atoms with Gasteiger partial charge in [-0.15, -0.1) is 11.3 Å². The number of amides is 1. The molecule has 5 nitrogen and oxygen atoms in total. The Morgan fingerprint density at radius 1 is 1.12 bits per heavy atom. The average Bonchev–Trinajstić information content (AvgIpc) is 2.98. The molecule has 2 aromatic rings. The minimum atomic E-state index is -3.33. The van der Waals surface area contributed by atoms with E-state index < -0.39 is 9.84 Å². The van der Waals surface area contributed by atoms with Crippen molar-refractivity contribution in [1.29, 1.82) is 0 Å². The molecule has 2 aliphatic rings. The molecule has 8 heteroatoms. The van der Waals surface area contributed by atoms with Crippen LogP contribution in [-0.4, -0.2) is 65.8 Å². The molecule has 0 bridgehead atoms. The predicted molar refractivity (Wildman–Crippen MR) is 93.9 cm³/mol. The Morgan fingerprint density at radius 2 is 1.83 bits per heavy atom. The maximum atomic E-state index is 12.8. The predicted octanol–water partition coefficient (Wildman–Crippen LogP) is 1.54. The maximum absolute atomic E-state index is 12.8. The summed E-state index contributed by atoms with van der Waals surface area (Å²) in [6.45, 7) is 3.05. The highest BCUT2D eigenvalue weighted by atomic mass is 32.2.